The fourth-order valence-electron chi connectivity index (χ4n) is 7.34. The standard InChI is InChI=1S/C43H52N8O5/c1-4-30(2)40(51-25-24-48(43(51)56)28-35-15-10-12-31(3)45-35)41(54)46-37(26-32-13-6-5-7-14-32)38(52)29-49(47-42(55)50-23-11-17-39(50)53)27-33-18-20-34(21-19-33)36-16-8-9-22-44-36/h5-10,12-16,18-22,30,37-38,40,52H,4,11,17,23-29H2,1-3H3,(H,46,54)(H,47,55). The summed E-state index contributed by atoms with van der Waals surface area (Å²) in [6.07, 6.45) is 2.41. The quantitative estimate of drug-likeness (QED) is 0.136. The molecule has 4 heterocycles. The molecule has 4 unspecified atom stereocenters. The molecule has 6 rings (SSSR count). The number of carbonyl (C=O) groups excluding carboxylic acids is 4. The molecule has 294 valence electrons. The van der Waals surface area contributed by atoms with Crippen molar-refractivity contribution in [1.29, 1.82) is 0 Å². The monoisotopic (exact) mass is 760 g/mol. The van der Waals surface area contributed by atoms with Crippen molar-refractivity contribution in [3.8, 4) is 11.3 Å². The first-order chi connectivity index (χ1) is 27.1. The predicted octanol–water partition coefficient (Wildman–Crippen LogP) is 4.94. The van der Waals surface area contributed by atoms with Gasteiger partial charge in [-0.2, -0.15) is 0 Å². The third-order valence-electron chi connectivity index (χ3n) is 10.6. The van der Waals surface area contributed by atoms with Gasteiger partial charge in [0.15, 0.2) is 0 Å². The van der Waals surface area contributed by atoms with E-state index in [-0.39, 0.29) is 36.9 Å². The molecule has 0 aliphatic carbocycles. The van der Waals surface area contributed by atoms with Crippen molar-refractivity contribution in [3.05, 3.63) is 120 Å². The van der Waals surface area contributed by atoms with Crippen molar-refractivity contribution in [1.82, 2.24) is 40.4 Å². The Labute approximate surface area is 328 Å². The number of nitrogens with one attached hydrogen (secondary N) is 2. The van der Waals surface area contributed by atoms with Gasteiger partial charge in [0, 0.05) is 56.6 Å². The van der Waals surface area contributed by atoms with Crippen LogP contribution < -0.4 is 10.7 Å². The maximum Gasteiger partial charge on any atom is 0.338 e. The molecule has 2 aromatic heterocycles. The first kappa shape index (κ1) is 40.0. The van der Waals surface area contributed by atoms with Crippen molar-refractivity contribution in [2.45, 2.75) is 77.7 Å². The van der Waals surface area contributed by atoms with Crippen LogP contribution in [0.15, 0.2) is 97.2 Å². The molecule has 0 bridgehead atoms. The SMILES string of the molecule is CCC(C)C(C(=O)NC(Cc1ccccc1)C(O)CN(Cc1ccc(-c2ccccn2)cc1)NC(=O)N1CCCC1=O)N1CCN(Cc2cccc(C)n2)C1=O. The summed E-state index contributed by atoms with van der Waals surface area (Å²) < 4.78 is 0. The largest absolute Gasteiger partial charge is 0.390 e. The zero-order valence-corrected chi connectivity index (χ0v) is 32.4. The first-order valence-corrected chi connectivity index (χ1v) is 19.5. The highest BCUT2D eigenvalue weighted by atomic mass is 16.3. The van der Waals surface area contributed by atoms with Crippen LogP contribution in [0.25, 0.3) is 11.3 Å². The summed E-state index contributed by atoms with van der Waals surface area (Å²) >= 11 is 0. The van der Waals surface area contributed by atoms with E-state index in [1.165, 1.54) is 4.90 Å². The minimum Gasteiger partial charge on any atom is -0.390 e. The van der Waals surface area contributed by atoms with Crippen LogP contribution in [0, 0.1) is 12.8 Å². The van der Waals surface area contributed by atoms with Gasteiger partial charge < -0.3 is 20.2 Å². The number of aryl methyl sites for hydroxylation is 1. The Morgan fingerprint density at radius 3 is 2.36 bits per heavy atom. The van der Waals surface area contributed by atoms with E-state index in [1.807, 2.05) is 112 Å². The Hall–Kier alpha value is -5.66. The Kier molecular flexibility index (Phi) is 13.4. The molecular weight excluding hydrogens is 709 g/mol. The van der Waals surface area contributed by atoms with E-state index in [0.717, 1.165) is 33.8 Å². The number of aliphatic hydroxyl groups excluding tert-OH is 1. The number of nitrogens with zero attached hydrogens (tertiary/aromatic N) is 6. The summed E-state index contributed by atoms with van der Waals surface area (Å²) in [5, 5.41) is 16.7. The smallest absolute Gasteiger partial charge is 0.338 e. The lowest BCUT2D eigenvalue weighted by atomic mass is 9.95. The van der Waals surface area contributed by atoms with E-state index >= 15 is 0 Å². The summed E-state index contributed by atoms with van der Waals surface area (Å²) in [7, 11) is 0. The van der Waals surface area contributed by atoms with Gasteiger partial charge >= 0.3 is 12.1 Å². The lowest BCUT2D eigenvalue weighted by molar-refractivity contribution is -0.129. The summed E-state index contributed by atoms with van der Waals surface area (Å²) in [6, 6.07) is 26.4. The van der Waals surface area contributed by atoms with Gasteiger partial charge in [-0.15, -0.1) is 0 Å². The van der Waals surface area contributed by atoms with Crippen molar-refractivity contribution < 1.29 is 24.3 Å². The maximum absolute atomic E-state index is 14.4. The zero-order valence-electron chi connectivity index (χ0n) is 32.4. The molecule has 2 aromatic carbocycles. The number of benzene rings is 2. The van der Waals surface area contributed by atoms with E-state index in [2.05, 4.69) is 20.7 Å². The average molecular weight is 761 g/mol. The predicted molar refractivity (Wildman–Crippen MR) is 212 cm³/mol. The van der Waals surface area contributed by atoms with Crippen LogP contribution in [0.4, 0.5) is 9.59 Å². The lowest BCUT2D eigenvalue weighted by Crippen LogP contribution is -2.58. The number of hydrazine groups is 1. The number of carbonyl (C=O) groups is 4. The highest BCUT2D eigenvalue weighted by Gasteiger charge is 2.41. The van der Waals surface area contributed by atoms with Gasteiger partial charge in [-0.1, -0.05) is 87.0 Å². The van der Waals surface area contributed by atoms with E-state index in [9.17, 15) is 24.3 Å². The fraction of sp³-hybridized carbons (Fsp3) is 0.395. The van der Waals surface area contributed by atoms with E-state index in [1.54, 1.807) is 21.0 Å². The van der Waals surface area contributed by atoms with Gasteiger partial charge in [0.2, 0.25) is 11.8 Å². The van der Waals surface area contributed by atoms with Gasteiger partial charge in [-0.25, -0.2) is 14.6 Å². The fourth-order valence-corrected chi connectivity index (χ4v) is 7.34. The molecule has 4 aromatic rings. The first-order valence-electron chi connectivity index (χ1n) is 19.5. The number of pyridine rings is 2. The average Bonchev–Trinajstić information content (AvgIpc) is 3.79. The second-order valence-corrected chi connectivity index (χ2v) is 14.7. The van der Waals surface area contributed by atoms with Crippen molar-refractivity contribution in [3.63, 3.8) is 0 Å². The van der Waals surface area contributed by atoms with Gasteiger partial charge in [-0.3, -0.25) is 29.9 Å². The van der Waals surface area contributed by atoms with Crippen LogP contribution in [0.2, 0.25) is 0 Å². The minimum atomic E-state index is -1.17. The van der Waals surface area contributed by atoms with Crippen molar-refractivity contribution in [2.24, 2.45) is 5.92 Å². The molecule has 0 saturated carbocycles. The number of imide groups is 1. The third-order valence-corrected chi connectivity index (χ3v) is 10.6. The number of hydrogen-bond acceptors (Lipinski definition) is 8. The summed E-state index contributed by atoms with van der Waals surface area (Å²) in [5.41, 5.74) is 8.02. The number of urea groups is 2. The number of aromatic nitrogens is 2. The lowest BCUT2D eigenvalue weighted by Gasteiger charge is -2.35. The topological polar surface area (TPSA) is 151 Å². The Balaban J connectivity index is 1.22. The molecule has 3 N–H and O–H groups in total. The van der Waals surface area contributed by atoms with E-state index in [0.29, 0.717) is 51.9 Å². The Morgan fingerprint density at radius 1 is 0.911 bits per heavy atom. The van der Waals surface area contributed by atoms with E-state index < -0.39 is 24.2 Å². The Morgan fingerprint density at radius 2 is 1.68 bits per heavy atom. The van der Waals surface area contributed by atoms with E-state index in [4.69, 9.17) is 0 Å². The normalized spacial score (nSPS) is 16.6. The maximum atomic E-state index is 14.4. The van der Waals surface area contributed by atoms with Crippen LogP contribution in [0.5, 0.6) is 0 Å². The molecule has 13 nitrogen and oxygen atoms in total. The molecule has 56 heavy (non-hydrogen) atoms. The highest BCUT2D eigenvalue weighted by Crippen LogP contribution is 2.24. The molecule has 2 saturated heterocycles. The van der Waals surface area contributed by atoms with Gasteiger partial charge in [-0.05, 0) is 61.1 Å². The van der Waals surface area contributed by atoms with Gasteiger partial charge in [0.05, 0.1) is 30.1 Å². The van der Waals surface area contributed by atoms with Crippen LogP contribution in [-0.2, 0) is 29.1 Å². The molecule has 2 aliphatic rings. The van der Waals surface area contributed by atoms with Crippen molar-refractivity contribution >= 4 is 23.9 Å². The van der Waals surface area contributed by atoms with Crippen LogP contribution in [-0.4, -0.2) is 103 Å². The molecular formula is C43H52N8O5. The van der Waals surface area contributed by atoms with Gasteiger partial charge in [0.25, 0.3) is 0 Å². The zero-order chi connectivity index (χ0) is 39.6. The summed E-state index contributed by atoms with van der Waals surface area (Å²) in [5.74, 6) is -0.780. The summed E-state index contributed by atoms with van der Waals surface area (Å²) in [4.78, 5) is 67.7. The number of amides is 6. The van der Waals surface area contributed by atoms with Crippen LogP contribution in [0.1, 0.15) is 55.6 Å². The molecule has 2 aliphatic heterocycles. The van der Waals surface area contributed by atoms with Gasteiger partial charge in [0.1, 0.15) is 6.04 Å². The minimum absolute atomic E-state index is 0.0680. The van der Waals surface area contributed by atoms with Crippen LogP contribution in [0.3, 0.4) is 0 Å². The molecule has 4 atom stereocenters. The molecule has 2 fully saturated rings. The molecule has 0 spiro atoms. The number of rotatable bonds is 16. The molecule has 13 heteroatoms. The Bertz CT molecular complexity index is 1950. The molecule has 0 radical (unpaired) electrons. The number of aliphatic hydroxyl groups is 1. The number of likely N-dealkylation sites (tertiary alicyclic amines) is 1. The molecule has 6 amide bonds. The highest BCUT2D eigenvalue weighted by molar-refractivity contribution is 5.95. The second kappa shape index (κ2) is 18.8. The third kappa shape index (κ3) is 10.1. The summed E-state index contributed by atoms with van der Waals surface area (Å²) in [6.45, 7) is 7.51. The van der Waals surface area contributed by atoms with Crippen LogP contribution >= 0.6 is 0 Å². The van der Waals surface area contributed by atoms with Crippen molar-refractivity contribution in [2.75, 3.05) is 26.2 Å². The second-order valence-electron chi connectivity index (χ2n) is 14.7. The number of hydrogen-bond donors (Lipinski definition) is 3.